The first kappa shape index (κ1) is 19.1. The molecule has 0 atom stereocenters. The number of carbonyl (C=O) groups excluding carboxylic acids is 2. The predicted octanol–water partition coefficient (Wildman–Crippen LogP) is 4.91. The van der Waals surface area contributed by atoms with Gasteiger partial charge in [-0.25, -0.2) is 4.79 Å². The molecule has 0 saturated carbocycles. The van der Waals surface area contributed by atoms with E-state index in [1.807, 2.05) is 13.8 Å². The molecule has 3 amide bonds. The van der Waals surface area contributed by atoms with Crippen molar-refractivity contribution in [3.63, 3.8) is 0 Å². The second kappa shape index (κ2) is 8.74. The SMILES string of the molecule is CC(C)C(=O)Nc1cccc(NC(=O)NCc2ccc(Cl)cc2Cl)c1. The Kier molecular flexibility index (Phi) is 6.67. The van der Waals surface area contributed by atoms with E-state index in [0.29, 0.717) is 21.4 Å². The van der Waals surface area contributed by atoms with Crippen molar-refractivity contribution in [3.8, 4) is 0 Å². The van der Waals surface area contributed by atoms with E-state index >= 15 is 0 Å². The Balaban J connectivity index is 1.93. The zero-order valence-electron chi connectivity index (χ0n) is 13.9. The van der Waals surface area contributed by atoms with Crippen LogP contribution in [0.3, 0.4) is 0 Å². The van der Waals surface area contributed by atoms with Gasteiger partial charge in [-0.1, -0.05) is 49.2 Å². The molecule has 0 radical (unpaired) electrons. The third-order valence-corrected chi connectivity index (χ3v) is 3.95. The van der Waals surface area contributed by atoms with E-state index in [4.69, 9.17) is 23.2 Å². The molecular formula is C18H19Cl2N3O2. The van der Waals surface area contributed by atoms with E-state index in [0.717, 1.165) is 5.56 Å². The molecule has 0 saturated heterocycles. The molecule has 0 aliphatic rings. The van der Waals surface area contributed by atoms with Crippen LogP contribution in [-0.2, 0) is 11.3 Å². The van der Waals surface area contributed by atoms with Gasteiger partial charge in [0, 0.05) is 33.9 Å². The number of hydrogen-bond acceptors (Lipinski definition) is 2. The number of benzene rings is 2. The van der Waals surface area contributed by atoms with Crippen molar-refractivity contribution >= 4 is 46.5 Å². The lowest BCUT2D eigenvalue weighted by Crippen LogP contribution is -2.28. The molecule has 2 rings (SSSR count). The molecule has 25 heavy (non-hydrogen) atoms. The number of rotatable bonds is 5. The molecule has 0 heterocycles. The van der Waals surface area contributed by atoms with E-state index in [2.05, 4.69) is 16.0 Å². The summed E-state index contributed by atoms with van der Waals surface area (Å²) in [4.78, 5) is 23.8. The zero-order valence-corrected chi connectivity index (χ0v) is 15.4. The molecule has 7 heteroatoms. The molecule has 0 aliphatic carbocycles. The first-order valence-corrected chi connectivity index (χ1v) is 8.50. The van der Waals surface area contributed by atoms with Gasteiger partial charge in [0.25, 0.3) is 0 Å². The Hall–Kier alpha value is -2.24. The normalized spacial score (nSPS) is 10.4. The molecule has 0 bridgehead atoms. The van der Waals surface area contributed by atoms with Gasteiger partial charge in [-0.05, 0) is 35.9 Å². The zero-order chi connectivity index (χ0) is 18.4. The first-order valence-electron chi connectivity index (χ1n) is 7.75. The van der Waals surface area contributed by atoms with Crippen LogP contribution in [0.4, 0.5) is 16.2 Å². The molecule has 0 aliphatic heterocycles. The molecule has 0 spiro atoms. The summed E-state index contributed by atoms with van der Waals surface area (Å²) in [5, 5.41) is 9.25. The van der Waals surface area contributed by atoms with Crippen molar-refractivity contribution in [1.29, 1.82) is 0 Å². The van der Waals surface area contributed by atoms with E-state index in [1.165, 1.54) is 0 Å². The highest BCUT2D eigenvalue weighted by molar-refractivity contribution is 6.35. The molecule has 0 aromatic heterocycles. The summed E-state index contributed by atoms with van der Waals surface area (Å²) < 4.78 is 0. The lowest BCUT2D eigenvalue weighted by Gasteiger charge is -2.11. The predicted molar refractivity (Wildman–Crippen MR) is 102 cm³/mol. The fraction of sp³-hybridized carbons (Fsp3) is 0.222. The van der Waals surface area contributed by atoms with Gasteiger partial charge in [0.2, 0.25) is 5.91 Å². The Morgan fingerprint density at radius 3 is 2.32 bits per heavy atom. The van der Waals surface area contributed by atoms with Gasteiger partial charge in [0.15, 0.2) is 0 Å². The summed E-state index contributed by atoms with van der Waals surface area (Å²) in [6.45, 7) is 3.89. The smallest absolute Gasteiger partial charge is 0.319 e. The molecule has 132 valence electrons. The highest BCUT2D eigenvalue weighted by Gasteiger charge is 2.08. The van der Waals surface area contributed by atoms with Gasteiger partial charge < -0.3 is 16.0 Å². The lowest BCUT2D eigenvalue weighted by atomic mass is 10.2. The van der Waals surface area contributed by atoms with E-state index in [-0.39, 0.29) is 24.4 Å². The quantitative estimate of drug-likeness (QED) is 0.690. The van der Waals surface area contributed by atoms with Gasteiger partial charge >= 0.3 is 6.03 Å². The molecule has 0 fully saturated rings. The second-order valence-corrected chi connectivity index (χ2v) is 6.61. The topological polar surface area (TPSA) is 70.2 Å². The van der Waals surface area contributed by atoms with Crippen molar-refractivity contribution in [1.82, 2.24) is 5.32 Å². The number of hydrogen-bond donors (Lipinski definition) is 3. The van der Waals surface area contributed by atoms with Crippen LogP contribution >= 0.6 is 23.2 Å². The van der Waals surface area contributed by atoms with Crippen molar-refractivity contribution in [3.05, 3.63) is 58.1 Å². The van der Waals surface area contributed by atoms with Gasteiger partial charge in [-0.2, -0.15) is 0 Å². The highest BCUT2D eigenvalue weighted by atomic mass is 35.5. The average molecular weight is 380 g/mol. The van der Waals surface area contributed by atoms with Gasteiger partial charge in [-0.3, -0.25) is 4.79 Å². The monoisotopic (exact) mass is 379 g/mol. The van der Waals surface area contributed by atoms with Crippen molar-refractivity contribution in [2.45, 2.75) is 20.4 Å². The standard InChI is InChI=1S/C18H19Cl2N3O2/c1-11(2)17(24)22-14-4-3-5-15(9-14)23-18(25)21-10-12-6-7-13(19)8-16(12)20/h3-9,11H,10H2,1-2H3,(H,22,24)(H2,21,23,25). The van der Waals surface area contributed by atoms with Crippen LogP contribution in [0.15, 0.2) is 42.5 Å². The summed E-state index contributed by atoms with van der Waals surface area (Å²) in [5.41, 5.74) is 1.96. The van der Waals surface area contributed by atoms with Crippen LogP contribution in [0.5, 0.6) is 0 Å². The summed E-state index contributed by atoms with van der Waals surface area (Å²) in [7, 11) is 0. The number of urea groups is 1. The Morgan fingerprint density at radius 2 is 1.68 bits per heavy atom. The highest BCUT2D eigenvalue weighted by Crippen LogP contribution is 2.21. The van der Waals surface area contributed by atoms with Crippen molar-refractivity contribution < 1.29 is 9.59 Å². The summed E-state index contributed by atoms with van der Waals surface area (Å²) in [6, 6.07) is 11.7. The van der Waals surface area contributed by atoms with E-state index < -0.39 is 0 Å². The van der Waals surface area contributed by atoms with Gasteiger partial charge in [-0.15, -0.1) is 0 Å². The van der Waals surface area contributed by atoms with Crippen LogP contribution < -0.4 is 16.0 Å². The van der Waals surface area contributed by atoms with Crippen LogP contribution in [0, 0.1) is 5.92 Å². The fourth-order valence-electron chi connectivity index (χ4n) is 1.98. The van der Waals surface area contributed by atoms with Crippen LogP contribution in [0.25, 0.3) is 0 Å². The second-order valence-electron chi connectivity index (χ2n) is 5.77. The summed E-state index contributed by atoms with van der Waals surface area (Å²) in [6.07, 6.45) is 0. The van der Waals surface area contributed by atoms with Crippen LogP contribution in [0.1, 0.15) is 19.4 Å². The number of anilines is 2. The number of amides is 3. The Morgan fingerprint density at radius 1 is 1.00 bits per heavy atom. The number of nitrogens with one attached hydrogen (secondary N) is 3. The van der Waals surface area contributed by atoms with E-state index in [9.17, 15) is 9.59 Å². The molecule has 5 nitrogen and oxygen atoms in total. The molecular weight excluding hydrogens is 361 g/mol. The summed E-state index contributed by atoms with van der Waals surface area (Å²) in [5.74, 6) is -0.206. The fourth-order valence-corrected chi connectivity index (χ4v) is 2.45. The number of halogens is 2. The Bertz CT molecular complexity index is 779. The van der Waals surface area contributed by atoms with Crippen molar-refractivity contribution in [2.75, 3.05) is 10.6 Å². The minimum atomic E-state index is -0.377. The number of carbonyl (C=O) groups is 2. The third kappa shape index (κ3) is 5.96. The van der Waals surface area contributed by atoms with E-state index in [1.54, 1.807) is 42.5 Å². The molecule has 2 aromatic carbocycles. The van der Waals surface area contributed by atoms with Gasteiger partial charge in [0.1, 0.15) is 0 Å². The molecule has 2 aromatic rings. The molecule has 0 unspecified atom stereocenters. The maximum Gasteiger partial charge on any atom is 0.319 e. The third-order valence-electron chi connectivity index (χ3n) is 3.37. The first-order chi connectivity index (χ1) is 11.8. The minimum absolute atomic E-state index is 0.0843. The molecule has 3 N–H and O–H groups in total. The van der Waals surface area contributed by atoms with Crippen LogP contribution in [-0.4, -0.2) is 11.9 Å². The minimum Gasteiger partial charge on any atom is -0.334 e. The van der Waals surface area contributed by atoms with Gasteiger partial charge in [0.05, 0.1) is 0 Å². The Labute approximate surface area is 156 Å². The van der Waals surface area contributed by atoms with Crippen LogP contribution in [0.2, 0.25) is 10.0 Å². The lowest BCUT2D eigenvalue weighted by molar-refractivity contribution is -0.118. The van der Waals surface area contributed by atoms with Crippen molar-refractivity contribution in [2.24, 2.45) is 5.92 Å². The maximum absolute atomic E-state index is 12.0. The largest absolute Gasteiger partial charge is 0.334 e. The maximum atomic E-state index is 12.0. The average Bonchev–Trinajstić information content (AvgIpc) is 2.54. The summed E-state index contributed by atoms with van der Waals surface area (Å²) >= 11 is 11.9.